The van der Waals surface area contributed by atoms with Gasteiger partial charge in [-0.05, 0) is 67.5 Å². The van der Waals surface area contributed by atoms with Crippen molar-refractivity contribution in [2.24, 2.45) is 0 Å². The van der Waals surface area contributed by atoms with Gasteiger partial charge in [0.25, 0.3) is 0 Å². The Balaban J connectivity index is 1.57. The molecule has 4 heterocycles. The minimum Gasteiger partial charge on any atom is -0.783 e. The summed E-state index contributed by atoms with van der Waals surface area (Å²) < 4.78 is 0. The minimum atomic E-state index is -0.984. The second kappa shape index (κ2) is 7.74. The Morgan fingerprint density at radius 2 is 0.941 bits per heavy atom. The zero-order chi connectivity index (χ0) is 25.4. The average molecular weight is 469 g/mol. The van der Waals surface area contributed by atoms with Crippen LogP contribution in [0.4, 0.5) is 0 Å². The summed E-state index contributed by atoms with van der Waals surface area (Å²) >= 11 is 0. The summed E-state index contributed by atoms with van der Waals surface area (Å²) in [6.45, 7) is 14.1. The maximum atomic E-state index is 12.9. The molecule has 0 bridgehead atoms. The predicted molar refractivity (Wildman–Crippen MR) is 125 cm³/mol. The van der Waals surface area contributed by atoms with Crippen LogP contribution in [0, 0.1) is 10.4 Å². The van der Waals surface area contributed by atoms with Crippen LogP contribution < -0.4 is 0 Å². The van der Waals surface area contributed by atoms with Crippen LogP contribution in [0.3, 0.4) is 0 Å². The molecule has 10 heteroatoms. The van der Waals surface area contributed by atoms with Crippen LogP contribution in [0.25, 0.3) is 11.4 Å². The fourth-order valence-corrected chi connectivity index (χ4v) is 4.45. The molecule has 2 fully saturated rings. The first-order valence-corrected chi connectivity index (χ1v) is 11.3. The summed E-state index contributed by atoms with van der Waals surface area (Å²) in [7, 11) is 0. The van der Waals surface area contributed by atoms with E-state index in [1.165, 1.54) is 12.4 Å². The topological polar surface area (TPSA) is 125 Å². The van der Waals surface area contributed by atoms with Gasteiger partial charge in [-0.15, -0.1) is 20.5 Å². The number of hydroxylamine groups is 8. The summed E-state index contributed by atoms with van der Waals surface area (Å²) in [6, 6.07) is 6.82. The molecule has 2 aliphatic heterocycles. The van der Waals surface area contributed by atoms with Crippen molar-refractivity contribution in [1.29, 1.82) is 0 Å². The molecule has 2 aliphatic rings. The van der Waals surface area contributed by atoms with E-state index in [9.17, 15) is 20.8 Å². The van der Waals surface area contributed by atoms with Gasteiger partial charge >= 0.3 is 0 Å². The van der Waals surface area contributed by atoms with E-state index >= 15 is 0 Å². The first-order valence-electron chi connectivity index (χ1n) is 11.3. The maximum Gasteiger partial charge on any atom is 0.107 e. The van der Waals surface area contributed by atoms with Crippen LogP contribution >= 0.6 is 0 Å². The monoisotopic (exact) mass is 468 g/mol. The van der Waals surface area contributed by atoms with Crippen molar-refractivity contribution >= 4 is 0 Å². The molecule has 0 saturated carbocycles. The van der Waals surface area contributed by atoms with Gasteiger partial charge in [-0.1, -0.05) is 12.1 Å². The third-order valence-corrected chi connectivity index (χ3v) is 8.52. The van der Waals surface area contributed by atoms with E-state index in [-0.39, 0.29) is 0 Å². The SMILES string of the molecule is CC1(C)N([O])C(c2ccc(-c3ccc(C4N([O])C(C)(C)C(C)(C)N4[O-])cn3)nc2)N([O-])C1(C)C. The van der Waals surface area contributed by atoms with Gasteiger partial charge in [-0.2, -0.15) is 0 Å². The molecule has 0 unspecified atom stereocenters. The average Bonchev–Trinajstić information content (AvgIpc) is 2.98. The van der Waals surface area contributed by atoms with E-state index in [1.807, 2.05) is 0 Å². The summed E-state index contributed by atoms with van der Waals surface area (Å²) in [4.78, 5) is 8.85. The zero-order valence-electron chi connectivity index (χ0n) is 20.9. The highest BCUT2D eigenvalue weighted by atomic mass is 16.6. The lowest BCUT2D eigenvalue weighted by Crippen LogP contribution is -2.51. The smallest absolute Gasteiger partial charge is 0.107 e. The highest BCUT2D eigenvalue weighted by Gasteiger charge is 2.56. The molecule has 0 atom stereocenters. The number of rotatable bonds is 3. The number of nitrogens with zero attached hydrogens (tertiary/aromatic N) is 6. The Hall–Kier alpha value is -2.02. The van der Waals surface area contributed by atoms with E-state index in [1.54, 1.807) is 79.7 Å². The van der Waals surface area contributed by atoms with E-state index in [0.717, 1.165) is 20.3 Å². The molecule has 0 amide bonds. The van der Waals surface area contributed by atoms with Crippen molar-refractivity contribution in [3.8, 4) is 11.4 Å². The second-order valence-corrected chi connectivity index (χ2v) is 11.2. The molecule has 10 nitrogen and oxygen atoms in total. The highest BCUT2D eigenvalue weighted by molar-refractivity contribution is 5.54. The molecule has 34 heavy (non-hydrogen) atoms. The van der Waals surface area contributed by atoms with Gasteiger partial charge in [-0.25, -0.2) is 0 Å². The Morgan fingerprint density at radius 1 is 0.618 bits per heavy atom. The molecule has 0 aliphatic carbocycles. The molecule has 0 spiro atoms. The quantitative estimate of drug-likeness (QED) is 0.657. The summed E-state index contributed by atoms with van der Waals surface area (Å²) in [5.41, 5.74) is -1.38. The molecular weight excluding hydrogens is 436 g/mol. The van der Waals surface area contributed by atoms with Gasteiger partial charge in [0.05, 0.1) is 22.5 Å². The molecular formula is C24H32N6O4-2. The Kier molecular flexibility index (Phi) is 5.71. The third-order valence-electron chi connectivity index (χ3n) is 8.52. The maximum absolute atomic E-state index is 12.9. The van der Waals surface area contributed by atoms with E-state index in [2.05, 4.69) is 9.97 Å². The largest absolute Gasteiger partial charge is 0.783 e. The molecule has 2 aromatic rings. The Morgan fingerprint density at radius 3 is 1.15 bits per heavy atom. The summed E-state index contributed by atoms with van der Waals surface area (Å²) in [5.74, 6) is 0. The van der Waals surface area contributed by atoms with Crippen molar-refractivity contribution in [2.45, 2.75) is 89.9 Å². The van der Waals surface area contributed by atoms with Crippen molar-refractivity contribution < 1.29 is 10.4 Å². The Labute approximate surface area is 200 Å². The first kappa shape index (κ1) is 25.1. The third kappa shape index (κ3) is 3.25. The number of aromatic nitrogens is 2. The zero-order valence-corrected chi connectivity index (χ0v) is 20.9. The van der Waals surface area contributed by atoms with Crippen molar-refractivity contribution in [1.82, 2.24) is 30.2 Å². The predicted octanol–water partition coefficient (Wildman–Crippen LogP) is 4.18. The van der Waals surface area contributed by atoms with Gasteiger partial charge in [-0.3, -0.25) is 9.97 Å². The molecule has 4 rings (SSSR count). The fraction of sp³-hybridized carbons (Fsp3) is 0.583. The summed E-state index contributed by atoms with van der Waals surface area (Å²) in [6.07, 6.45) is 1.07. The standard InChI is InChI=1S/C24H32N6O4/c1-21(2)22(3,4)28(32)19(27(21)31)15-9-11-17(25-13-15)18-12-10-16(14-26-18)20-29(33)23(5,6)24(7,8)30(20)34/h9-14,19-20H,1-8H3/q-2. The first-order chi connectivity index (χ1) is 15.6. The van der Waals surface area contributed by atoms with E-state index < -0.39 is 34.5 Å². The number of pyridine rings is 2. The van der Waals surface area contributed by atoms with Crippen LogP contribution in [-0.2, 0) is 10.4 Å². The van der Waals surface area contributed by atoms with Crippen LogP contribution in [-0.4, -0.2) is 52.4 Å². The van der Waals surface area contributed by atoms with Crippen LogP contribution in [0.15, 0.2) is 36.7 Å². The molecule has 2 radical (unpaired) electrons. The van der Waals surface area contributed by atoms with Gasteiger partial charge in [0.1, 0.15) is 12.3 Å². The molecule has 2 saturated heterocycles. The van der Waals surface area contributed by atoms with Crippen LogP contribution in [0.1, 0.15) is 78.8 Å². The molecule has 0 N–H and O–H groups in total. The Bertz CT molecular complexity index is 929. The van der Waals surface area contributed by atoms with Crippen LogP contribution in [0.5, 0.6) is 0 Å². The van der Waals surface area contributed by atoms with Crippen molar-refractivity contribution in [2.75, 3.05) is 0 Å². The number of hydrogen-bond acceptors (Lipinski definition) is 8. The minimum absolute atomic E-state index is 0.503. The van der Waals surface area contributed by atoms with Crippen LogP contribution in [0.2, 0.25) is 0 Å². The normalized spacial score (nSPS) is 29.1. The van der Waals surface area contributed by atoms with Gasteiger partial charge in [0, 0.05) is 34.6 Å². The fourth-order valence-electron chi connectivity index (χ4n) is 4.45. The molecule has 184 valence electrons. The van der Waals surface area contributed by atoms with Gasteiger partial charge < -0.3 is 20.5 Å². The van der Waals surface area contributed by atoms with E-state index in [0.29, 0.717) is 22.5 Å². The lowest BCUT2D eigenvalue weighted by Gasteiger charge is -2.44. The van der Waals surface area contributed by atoms with E-state index in [4.69, 9.17) is 0 Å². The van der Waals surface area contributed by atoms with Crippen molar-refractivity contribution in [3.05, 3.63) is 58.2 Å². The molecule has 0 aromatic carbocycles. The van der Waals surface area contributed by atoms with Crippen molar-refractivity contribution in [3.63, 3.8) is 0 Å². The lowest BCUT2D eigenvalue weighted by atomic mass is 9.84. The second-order valence-electron chi connectivity index (χ2n) is 11.2. The van der Waals surface area contributed by atoms with Gasteiger partial charge in [0.15, 0.2) is 0 Å². The lowest BCUT2D eigenvalue weighted by molar-refractivity contribution is -0.232. The number of hydrogen-bond donors (Lipinski definition) is 0. The van der Waals surface area contributed by atoms with Gasteiger partial charge in [0.2, 0.25) is 0 Å². The highest BCUT2D eigenvalue weighted by Crippen LogP contribution is 2.49. The molecule has 2 aromatic heterocycles. The summed E-state index contributed by atoms with van der Waals surface area (Å²) in [5, 5.41) is 54.9.